The number of hydrogen-bond acceptors (Lipinski definition) is 5. The summed E-state index contributed by atoms with van der Waals surface area (Å²) in [5.41, 5.74) is -0.748. The average molecular weight is 396 g/mol. The lowest BCUT2D eigenvalue weighted by Gasteiger charge is -2.13. The minimum Gasteiger partial charge on any atom is -0.496 e. The number of carbonyl (C=O) groups is 2. The van der Waals surface area contributed by atoms with Gasteiger partial charge >= 0.3 is 12.1 Å². The van der Waals surface area contributed by atoms with Crippen molar-refractivity contribution in [1.82, 2.24) is 4.98 Å². The van der Waals surface area contributed by atoms with Crippen LogP contribution in [0.1, 0.15) is 26.3 Å². The number of nitrogens with one attached hydrogen (secondary N) is 1. The molecular formula is C17H11F3N2O4S. The van der Waals surface area contributed by atoms with E-state index in [1.165, 1.54) is 24.3 Å². The zero-order valence-electron chi connectivity index (χ0n) is 13.6. The fraction of sp³-hybridized carbons (Fsp3) is 0.118. The molecule has 27 heavy (non-hydrogen) atoms. The van der Waals surface area contributed by atoms with E-state index < -0.39 is 23.6 Å². The highest BCUT2D eigenvalue weighted by atomic mass is 32.1. The quantitative estimate of drug-likeness (QED) is 0.687. The monoisotopic (exact) mass is 396 g/mol. The van der Waals surface area contributed by atoms with Gasteiger partial charge in [0, 0.05) is 5.56 Å². The second-order valence-corrected chi connectivity index (χ2v) is 6.40. The number of fused-ring (bicyclic) bond motifs is 1. The number of alkyl halides is 3. The van der Waals surface area contributed by atoms with Crippen molar-refractivity contribution in [2.24, 2.45) is 0 Å². The molecule has 0 unspecified atom stereocenters. The maximum absolute atomic E-state index is 13.1. The highest BCUT2D eigenvalue weighted by molar-refractivity contribution is 7.22. The zero-order valence-corrected chi connectivity index (χ0v) is 14.4. The maximum atomic E-state index is 13.1. The summed E-state index contributed by atoms with van der Waals surface area (Å²) in [6, 6.07) is 7.23. The van der Waals surface area contributed by atoms with Crippen LogP contribution in [0.2, 0.25) is 0 Å². The van der Waals surface area contributed by atoms with Crippen LogP contribution in [-0.4, -0.2) is 29.1 Å². The van der Waals surface area contributed by atoms with Gasteiger partial charge in [-0.15, -0.1) is 0 Å². The third kappa shape index (κ3) is 3.85. The van der Waals surface area contributed by atoms with Crippen LogP contribution in [0.25, 0.3) is 10.2 Å². The molecule has 1 amide bonds. The van der Waals surface area contributed by atoms with Gasteiger partial charge in [0.15, 0.2) is 5.13 Å². The van der Waals surface area contributed by atoms with Crippen molar-refractivity contribution in [2.45, 2.75) is 6.18 Å². The number of nitrogens with zero attached hydrogens (tertiary/aromatic N) is 1. The lowest BCUT2D eigenvalue weighted by Crippen LogP contribution is -2.14. The molecule has 0 atom stereocenters. The minimum atomic E-state index is -4.68. The van der Waals surface area contributed by atoms with Crippen LogP contribution in [0.3, 0.4) is 0 Å². The molecule has 0 aliphatic heterocycles. The molecule has 6 nitrogen and oxygen atoms in total. The predicted octanol–water partition coefficient (Wildman–Crippen LogP) is 4.27. The molecule has 3 rings (SSSR count). The number of benzene rings is 2. The van der Waals surface area contributed by atoms with Gasteiger partial charge in [-0.3, -0.25) is 10.1 Å². The molecule has 0 saturated heterocycles. The summed E-state index contributed by atoms with van der Waals surface area (Å²) in [4.78, 5) is 27.4. The van der Waals surface area contributed by atoms with Gasteiger partial charge in [0.25, 0.3) is 5.91 Å². The summed E-state index contributed by atoms with van der Waals surface area (Å²) in [6.45, 7) is 0. The van der Waals surface area contributed by atoms with E-state index >= 15 is 0 Å². The standard InChI is InChI=1S/C17H11F3N2O4S/c1-26-12-5-3-8(6-10(12)17(18,19)20)14(23)22-16-21-11-4-2-9(15(24)25)7-13(11)27-16/h2-7H,1H3,(H,24,25)(H,21,22,23). The number of aromatic carboxylic acids is 1. The first kappa shape index (κ1) is 18.6. The Morgan fingerprint density at radius 2 is 1.85 bits per heavy atom. The number of methoxy groups -OCH3 is 1. The summed E-state index contributed by atoms with van der Waals surface area (Å²) in [5.74, 6) is -2.27. The van der Waals surface area contributed by atoms with Crippen LogP contribution < -0.4 is 10.1 Å². The number of anilines is 1. The molecule has 3 aromatic rings. The van der Waals surface area contributed by atoms with Gasteiger partial charge in [-0.05, 0) is 36.4 Å². The number of carbonyl (C=O) groups excluding carboxylic acids is 1. The molecule has 0 radical (unpaired) electrons. The highest BCUT2D eigenvalue weighted by Gasteiger charge is 2.35. The predicted molar refractivity (Wildman–Crippen MR) is 92.5 cm³/mol. The van der Waals surface area contributed by atoms with E-state index in [0.29, 0.717) is 16.3 Å². The molecule has 0 aliphatic rings. The number of amides is 1. The Hall–Kier alpha value is -3.14. The van der Waals surface area contributed by atoms with E-state index in [0.717, 1.165) is 24.5 Å². The van der Waals surface area contributed by atoms with Gasteiger partial charge in [0.05, 0.1) is 28.5 Å². The van der Waals surface area contributed by atoms with Gasteiger partial charge in [-0.2, -0.15) is 13.2 Å². The van der Waals surface area contributed by atoms with Crippen molar-refractivity contribution in [2.75, 3.05) is 12.4 Å². The number of hydrogen-bond donors (Lipinski definition) is 2. The van der Waals surface area contributed by atoms with Crippen LogP contribution in [0.15, 0.2) is 36.4 Å². The number of thiazole rings is 1. The van der Waals surface area contributed by atoms with E-state index in [1.807, 2.05) is 0 Å². The van der Waals surface area contributed by atoms with E-state index in [1.54, 1.807) is 0 Å². The van der Waals surface area contributed by atoms with Crippen LogP contribution in [0, 0.1) is 0 Å². The Labute approximate surface area is 154 Å². The van der Waals surface area contributed by atoms with Crippen LogP contribution in [0.5, 0.6) is 5.75 Å². The van der Waals surface area contributed by atoms with Crippen LogP contribution >= 0.6 is 11.3 Å². The molecule has 0 aliphatic carbocycles. The number of carboxylic acid groups (broad SMARTS) is 1. The molecule has 0 bridgehead atoms. The van der Waals surface area contributed by atoms with Crippen molar-refractivity contribution >= 4 is 38.6 Å². The maximum Gasteiger partial charge on any atom is 0.419 e. The zero-order chi connectivity index (χ0) is 19.8. The van der Waals surface area contributed by atoms with Crippen molar-refractivity contribution in [3.63, 3.8) is 0 Å². The second-order valence-electron chi connectivity index (χ2n) is 5.37. The third-order valence-electron chi connectivity index (χ3n) is 3.62. The molecule has 10 heteroatoms. The van der Waals surface area contributed by atoms with Gasteiger partial charge < -0.3 is 9.84 Å². The topological polar surface area (TPSA) is 88.5 Å². The molecule has 1 heterocycles. The summed E-state index contributed by atoms with van der Waals surface area (Å²) < 4.78 is 44.4. The molecule has 2 N–H and O–H groups in total. The van der Waals surface area contributed by atoms with Crippen molar-refractivity contribution in [3.8, 4) is 5.75 Å². The van der Waals surface area contributed by atoms with E-state index in [2.05, 4.69) is 15.0 Å². The van der Waals surface area contributed by atoms with E-state index in [4.69, 9.17) is 5.11 Å². The van der Waals surface area contributed by atoms with Gasteiger partial charge in [0.2, 0.25) is 0 Å². The van der Waals surface area contributed by atoms with Crippen molar-refractivity contribution in [3.05, 3.63) is 53.1 Å². The molecule has 2 aromatic carbocycles. The fourth-order valence-electron chi connectivity index (χ4n) is 2.35. The molecule has 0 spiro atoms. The van der Waals surface area contributed by atoms with Gasteiger partial charge in [0.1, 0.15) is 5.75 Å². The Morgan fingerprint density at radius 1 is 1.15 bits per heavy atom. The molecule has 0 fully saturated rings. The largest absolute Gasteiger partial charge is 0.496 e. The molecule has 1 aromatic heterocycles. The number of aromatic nitrogens is 1. The van der Waals surface area contributed by atoms with Gasteiger partial charge in [-0.1, -0.05) is 11.3 Å². The Kier molecular flexibility index (Phi) is 4.75. The van der Waals surface area contributed by atoms with E-state index in [-0.39, 0.29) is 22.0 Å². The minimum absolute atomic E-state index is 0.0639. The van der Waals surface area contributed by atoms with Crippen LogP contribution in [0.4, 0.5) is 18.3 Å². The third-order valence-corrected chi connectivity index (χ3v) is 4.56. The fourth-order valence-corrected chi connectivity index (χ4v) is 3.25. The Balaban J connectivity index is 1.89. The number of rotatable bonds is 4. The number of ether oxygens (including phenoxy) is 1. The second kappa shape index (κ2) is 6.88. The SMILES string of the molecule is COc1ccc(C(=O)Nc2nc3ccc(C(=O)O)cc3s2)cc1C(F)(F)F. The number of halogens is 3. The first-order valence-corrected chi connectivity index (χ1v) is 8.21. The summed E-state index contributed by atoms with van der Waals surface area (Å²) >= 11 is 1.02. The number of carboxylic acids is 1. The Morgan fingerprint density at radius 3 is 2.48 bits per heavy atom. The smallest absolute Gasteiger partial charge is 0.419 e. The lowest BCUT2D eigenvalue weighted by molar-refractivity contribution is -0.138. The highest BCUT2D eigenvalue weighted by Crippen LogP contribution is 2.37. The van der Waals surface area contributed by atoms with Gasteiger partial charge in [-0.25, -0.2) is 9.78 Å². The van der Waals surface area contributed by atoms with E-state index in [9.17, 15) is 22.8 Å². The first-order chi connectivity index (χ1) is 12.7. The van der Waals surface area contributed by atoms with Crippen LogP contribution in [-0.2, 0) is 6.18 Å². The van der Waals surface area contributed by atoms with Crippen molar-refractivity contribution in [1.29, 1.82) is 0 Å². The lowest BCUT2D eigenvalue weighted by atomic mass is 10.1. The Bertz CT molecular complexity index is 1050. The summed E-state index contributed by atoms with van der Waals surface area (Å²) in [7, 11) is 1.11. The molecule has 0 saturated carbocycles. The molecule has 140 valence electrons. The first-order valence-electron chi connectivity index (χ1n) is 7.39. The molecular weight excluding hydrogens is 385 g/mol. The van der Waals surface area contributed by atoms with Crippen molar-refractivity contribution < 1.29 is 32.6 Å². The normalized spacial score (nSPS) is 11.4. The average Bonchev–Trinajstić information content (AvgIpc) is 3.01. The summed E-state index contributed by atoms with van der Waals surface area (Å²) in [6.07, 6.45) is -4.68. The summed E-state index contributed by atoms with van der Waals surface area (Å²) in [5, 5.41) is 11.6.